The molecule has 2 nitrogen and oxygen atoms in total. The molecule has 1 aliphatic rings. The lowest BCUT2D eigenvalue weighted by Gasteiger charge is -2.23. The van der Waals surface area contributed by atoms with Crippen LogP contribution in [-0.4, -0.2) is 25.3 Å². The standard InChI is InChI=1S/C14H29NO/c1-3-4-5-8-13(2)15-11-10-14-9-6-7-12-16-14/h13-15H,3-12H2,1-2H3. The fourth-order valence-electron chi connectivity index (χ4n) is 2.33. The SMILES string of the molecule is CCCCCC(C)NCCC1CCCCO1. The number of unbranched alkanes of at least 4 members (excludes halogenated alkanes) is 2. The molecule has 1 rings (SSSR count). The molecule has 0 amide bonds. The molecular formula is C14H29NO. The van der Waals surface area contributed by atoms with Gasteiger partial charge in [0.15, 0.2) is 0 Å². The second-order valence-corrected chi connectivity index (χ2v) is 5.13. The Labute approximate surface area is 101 Å². The van der Waals surface area contributed by atoms with Gasteiger partial charge in [0, 0.05) is 12.6 Å². The van der Waals surface area contributed by atoms with Crippen LogP contribution in [0.25, 0.3) is 0 Å². The van der Waals surface area contributed by atoms with Crippen molar-refractivity contribution in [2.45, 2.75) is 77.4 Å². The summed E-state index contributed by atoms with van der Waals surface area (Å²) in [6.07, 6.45) is 11.0. The van der Waals surface area contributed by atoms with Crippen molar-refractivity contribution in [2.75, 3.05) is 13.2 Å². The summed E-state index contributed by atoms with van der Waals surface area (Å²) < 4.78 is 5.72. The van der Waals surface area contributed by atoms with Crippen LogP contribution in [0.1, 0.15) is 65.2 Å². The Morgan fingerprint density at radius 2 is 2.19 bits per heavy atom. The first-order valence-electron chi connectivity index (χ1n) is 7.18. The largest absolute Gasteiger partial charge is 0.378 e. The molecule has 1 N–H and O–H groups in total. The summed E-state index contributed by atoms with van der Waals surface area (Å²) in [5, 5.41) is 3.61. The van der Waals surface area contributed by atoms with Crippen LogP contribution in [0.4, 0.5) is 0 Å². The average Bonchev–Trinajstić information content (AvgIpc) is 2.31. The zero-order chi connectivity index (χ0) is 11.6. The second-order valence-electron chi connectivity index (χ2n) is 5.13. The number of ether oxygens (including phenoxy) is 1. The smallest absolute Gasteiger partial charge is 0.0587 e. The number of nitrogens with one attached hydrogen (secondary N) is 1. The number of hydrogen-bond donors (Lipinski definition) is 1. The quantitative estimate of drug-likeness (QED) is 0.641. The van der Waals surface area contributed by atoms with Crippen molar-refractivity contribution in [2.24, 2.45) is 0 Å². The summed E-state index contributed by atoms with van der Waals surface area (Å²) in [6.45, 7) is 6.67. The molecule has 1 heterocycles. The van der Waals surface area contributed by atoms with Crippen LogP contribution in [0.5, 0.6) is 0 Å². The molecule has 0 spiro atoms. The van der Waals surface area contributed by atoms with E-state index in [0.717, 1.165) is 13.2 Å². The Morgan fingerprint density at radius 3 is 2.88 bits per heavy atom. The van der Waals surface area contributed by atoms with Crippen molar-refractivity contribution < 1.29 is 4.74 Å². The van der Waals surface area contributed by atoms with Crippen molar-refractivity contribution in [3.63, 3.8) is 0 Å². The topological polar surface area (TPSA) is 21.3 Å². The average molecular weight is 227 g/mol. The highest BCUT2D eigenvalue weighted by Gasteiger charge is 2.13. The van der Waals surface area contributed by atoms with Gasteiger partial charge in [0.1, 0.15) is 0 Å². The first-order valence-corrected chi connectivity index (χ1v) is 7.18. The minimum absolute atomic E-state index is 0.532. The molecule has 16 heavy (non-hydrogen) atoms. The number of rotatable bonds is 8. The molecule has 0 aromatic heterocycles. The molecule has 96 valence electrons. The summed E-state index contributed by atoms with van der Waals surface area (Å²) in [5.41, 5.74) is 0. The van der Waals surface area contributed by atoms with Crippen LogP contribution >= 0.6 is 0 Å². The van der Waals surface area contributed by atoms with Crippen LogP contribution in [0.15, 0.2) is 0 Å². The third-order valence-corrected chi connectivity index (χ3v) is 3.47. The molecule has 0 radical (unpaired) electrons. The number of hydrogen-bond acceptors (Lipinski definition) is 2. The molecule has 1 fully saturated rings. The zero-order valence-electron chi connectivity index (χ0n) is 11.1. The molecular weight excluding hydrogens is 198 g/mol. The summed E-state index contributed by atoms with van der Waals surface area (Å²) in [6, 6.07) is 0.676. The summed E-state index contributed by atoms with van der Waals surface area (Å²) in [7, 11) is 0. The van der Waals surface area contributed by atoms with Crippen LogP contribution in [0.3, 0.4) is 0 Å². The van der Waals surface area contributed by atoms with Crippen LogP contribution in [0, 0.1) is 0 Å². The molecule has 0 bridgehead atoms. The maximum atomic E-state index is 5.72. The van der Waals surface area contributed by atoms with E-state index in [0.29, 0.717) is 12.1 Å². The van der Waals surface area contributed by atoms with Crippen LogP contribution < -0.4 is 5.32 Å². The maximum Gasteiger partial charge on any atom is 0.0587 e. The summed E-state index contributed by atoms with van der Waals surface area (Å²) in [5.74, 6) is 0. The van der Waals surface area contributed by atoms with Gasteiger partial charge in [0.25, 0.3) is 0 Å². The van der Waals surface area contributed by atoms with Gasteiger partial charge in [0.2, 0.25) is 0 Å². The van der Waals surface area contributed by atoms with Crippen LogP contribution in [0.2, 0.25) is 0 Å². The predicted molar refractivity (Wildman–Crippen MR) is 69.8 cm³/mol. The van der Waals surface area contributed by atoms with Gasteiger partial charge < -0.3 is 10.1 Å². The molecule has 2 atom stereocenters. The minimum Gasteiger partial charge on any atom is -0.378 e. The highest BCUT2D eigenvalue weighted by Crippen LogP contribution is 2.15. The summed E-state index contributed by atoms with van der Waals surface area (Å²) >= 11 is 0. The molecule has 0 aromatic rings. The van der Waals surface area contributed by atoms with E-state index in [1.807, 2.05) is 0 Å². The Hall–Kier alpha value is -0.0800. The Bertz CT molecular complexity index is 155. The lowest BCUT2D eigenvalue weighted by atomic mass is 10.1. The van der Waals surface area contributed by atoms with Crippen molar-refractivity contribution in [3.05, 3.63) is 0 Å². The third-order valence-electron chi connectivity index (χ3n) is 3.47. The normalized spacial score (nSPS) is 23.2. The van der Waals surface area contributed by atoms with Gasteiger partial charge in [-0.25, -0.2) is 0 Å². The van der Waals surface area contributed by atoms with Gasteiger partial charge in [-0.05, 0) is 45.6 Å². The van der Waals surface area contributed by atoms with Gasteiger partial charge in [-0.15, -0.1) is 0 Å². The van der Waals surface area contributed by atoms with Crippen molar-refractivity contribution in [3.8, 4) is 0 Å². The Morgan fingerprint density at radius 1 is 1.31 bits per heavy atom. The molecule has 1 saturated heterocycles. The zero-order valence-corrected chi connectivity index (χ0v) is 11.1. The van der Waals surface area contributed by atoms with E-state index in [9.17, 15) is 0 Å². The first-order chi connectivity index (χ1) is 7.83. The Kier molecular flexibility index (Phi) is 7.87. The van der Waals surface area contributed by atoms with E-state index in [1.165, 1.54) is 51.4 Å². The first kappa shape index (κ1) is 14.0. The summed E-state index contributed by atoms with van der Waals surface area (Å²) in [4.78, 5) is 0. The lowest BCUT2D eigenvalue weighted by Crippen LogP contribution is -2.30. The van der Waals surface area contributed by atoms with Gasteiger partial charge in [0.05, 0.1) is 6.10 Å². The van der Waals surface area contributed by atoms with Gasteiger partial charge in [-0.3, -0.25) is 0 Å². The molecule has 1 aliphatic heterocycles. The molecule has 0 aliphatic carbocycles. The fraction of sp³-hybridized carbons (Fsp3) is 1.00. The van der Waals surface area contributed by atoms with E-state index >= 15 is 0 Å². The van der Waals surface area contributed by atoms with E-state index in [1.54, 1.807) is 0 Å². The molecule has 2 heteroatoms. The van der Waals surface area contributed by atoms with Crippen molar-refractivity contribution in [1.82, 2.24) is 5.32 Å². The lowest BCUT2D eigenvalue weighted by molar-refractivity contribution is 0.0112. The van der Waals surface area contributed by atoms with Gasteiger partial charge >= 0.3 is 0 Å². The minimum atomic E-state index is 0.532. The highest BCUT2D eigenvalue weighted by atomic mass is 16.5. The third kappa shape index (κ3) is 6.49. The second kappa shape index (κ2) is 9.00. The fourth-order valence-corrected chi connectivity index (χ4v) is 2.33. The Balaban J connectivity index is 1.92. The molecule has 2 unspecified atom stereocenters. The monoisotopic (exact) mass is 227 g/mol. The van der Waals surface area contributed by atoms with E-state index in [2.05, 4.69) is 19.2 Å². The molecule has 0 saturated carbocycles. The maximum absolute atomic E-state index is 5.72. The van der Waals surface area contributed by atoms with Gasteiger partial charge in [-0.1, -0.05) is 26.2 Å². The predicted octanol–water partition coefficient (Wildman–Crippen LogP) is 3.50. The van der Waals surface area contributed by atoms with Gasteiger partial charge in [-0.2, -0.15) is 0 Å². The highest BCUT2D eigenvalue weighted by molar-refractivity contribution is 4.67. The molecule has 0 aromatic carbocycles. The van der Waals surface area contributed by atoms with Crippen LogP contribution in [-0.2, 0) is 4.74 Å². The van der Waals surface area contributed by atoms with E-state index < -0.39 is 0 Å². The van der Waals surface area contributed by atoms with E-state index in [4.69, 9.17) is 4.74 Å². The van der Waals surface area contributed by atoms with E-state index in [-0.39, 0.29) is 0 Å². The van der Waals surface area contributed by atoms with Crippen molar-refractivity contribution in [1.29, 1.82) is 0 Å². The van der Waals surface area contributed by atoms with Crippen molar-refractivity contribution >= 4 is 0 Å².